The molecule has 1 unspecified atom stereocenters. The van der Waals surface area contributed by atoms with E-state index in [4.69, 9.17) is 4.74 Å². The second-order valence-corrected chi connectivity index (χ2v) is 7.31. The fourth-order valence-electron chi connectivity index (χ4n) is 3.63. The summed E-state index contributed by atoms with van der Waals surface area (Å²) in [5.41, 5.74) is 2.49. The van der Waals surface area contributed by atoms with Gasteiger partial charge in [0.2, 0.25) is 0 Å². The van der Waals surface area contributed by atoms with Crippen LogP contribution in [0.5, 0.6) is 0 Å². The van der Waals surface area contributed by atoms with Gasteiger partial charge in [-0.1, -0.05) is 0 Å². The molecule has 0 bridgehead atoms. The van der Waals surface area contributed by atoms with Crippen molar-refractivity contribution in [1.29, 1.82) is 0 Å². The SMILES string of the molecule is CN1CCN(c2ccc(NC(=O)c3cn(C)nc3C3CCOC3)nc2)CC1. The number of aryl methyl sites for hydroxylation is 1. The van der Waals surface area contributed by atoms with Crippen molar-refractivity contribution >= 4 is 17.4 Å². The first kappa shape index (κ1) is 17.9. The number of piperazine rings is 1. The molecule has 144 valence electrons. The molecule has 4 rings (SSSR count). The van der Waals surface area contributed by atoms with E-state index in [9.17, 15) is 4.79 Å². The summed E-state index contributed by atoms with van der Waals surface area (Å²) in [4.78, 5) is 21.8. The van der Waals surface area contributed by atoms with E-state index in [0.29, 0.717) is 18.0 Å². The van der Waals surface area contributed by atoms with Crippen molar-refractivity contribution in [2.75, 3.05) is 56.7 Å². The topological polar surface area (TPSA) is 75.5 Å². The normalized spacial score (nSPS) is 20.8. The van der Waals surface area contributed by atoms with Gasteiger partial charge in [0, 0.05) is 51.9 Å². The van der Waals surface area contributed by atoms with E-state index in [1.807, 2.05) is 25.4 Å². The van der Waals surface area contributed by atoms with Crippen LogP contribution in [0.4, 0.5) is 11.5 Å². The van der Waals surface area contributed by atoms with E-state index in [1.165, 1.54) is 0 Å². The van der Waals surface area contributed by atoms with Gasteiger partial charge >= 0.3 is 0 Å². The van der Waals surface area contributed by atoms with Crippen LogP contribution in [0.15, 0.2) is 24.5 Å². The Kier molecular flexibility index (Phi) is 5.09. The fourth-order valence-corrected chi connectivity index (χ4v) is 3.63. The third kappa shape index (κ3) is 3.96. The van der Waals surface area contributed by atoms with Crippen LogP contribution < -0.4 is 10.2 Å². The number of rotatable bonds is 4. The van der Waals surface area contributed by atoms with Crippen LogP contribution >= 0.6 is 0 Å². The lowest BCUT2D eigenvalue weighted by Crippen LogP contribution is -2.44. The Balaban J connectivity index is 1.44. The lowest BCUT2D eigenvalue weighted by Gasteiger charge is -2.33. The molecule has 2 aliphatic heterocycles. The molecule has 0 aromatic carbocycles. The van der Waals surface area contributed by atoms with Crippen LogP contribution in [0, 0.1) is 0 Å². The fraction of sp³-hybridized carbons (Fsp3) is 0.526. The standard InChI is InChI=1S/C19H26N6O2/c1-23-6-8-25(9-7-23)15-3-4-17(20-11-15)21-19(26)16-12-24(2)22-18(16)14-5-10-27-13-14/h3-4,11-12,14H,5-10,13H2,1-2H3,(H,20,21,26). The van der Waals surface area contributed by atoms with E-state index >= 15 is 0 Å². The van der Waals surface area contributed by atoms with Crippen molar-refractivity contribution in [3.63, 3.8) is 0 Å². The Morgan fingerprint density at radius 3 is 2.70 bits per heavy atom. The minimum Gasteiger partial charge on any atom is -0.381 e. The first-order chi connectivity index (χ1) is 13.1. The Morgan fingerprint density at radius 1 is 1.22 bits per heavy atom. The maximum absolute atomic E-state index is 12.8. The highest BCUT2D eigenvalue weighted by Crippen LogP contribution is 2.27. The lowest BCUT2D eigenvalue weighted by molar-refractivity contribution is 0.102. The lowest BCUT2D eigenvalue weighted by atomic mass is 10.0. The van der Waals surface area contributed by atoms with Gasteiger partial charge in [0.05, 0.1) is 29.7 Å². The number of carbonyl (C=O) groups excluding carboxylic acids is 1. The zero-order valence-corrected chi connectivity index (χ0v) is 15.9. The molecule has 2 aromatic heterocycles. The molecular formula is C19H26N6O2. The quantitative estimate of drug-likeness (QED) is 0.875. The van der Waals surface area contributed by atoms with Crippen molar-refractivity contribution in [2.45, 2.75) is 12.3 Å². The highest BCUT2D eigenvalue weighted by molar-refractivity contribution is 6.04. The molecule has 8 nitrogen and oxygen atoms in total. The number of aromatic nitrogens is 3. The monoisotopic (exact) mass is 370 g/mol. The number of carbonyl (C=O) groups is 1. The Bertz CT molecular complexity index is 789. The van der Waals surface area contributed by atoms with Gasteiger partial charge in [-0.25, -0.2) is 4.98 Å². The molecular weight excluding hydrogens is 344 g/mol. The zero-order valence-electron chi connectivity index (χ0n) is 15.9. The van der Waals surface area contributed by atoms with Gasteiger partial charge in [0.15, 0.2) is 0 Å². The second kappa shape index (κ2) is 7.66. The van der Waals surface area contributed by atoms with Gasteiger partial charge in [0.25, 0.3) is 5.91 Å². The van der Waals surface area contributed by atoms with Crippen molar-refractivity contribution in [3.05, 3.63) is 35.8 Å². The Morgan fingerprint density at radius 2 is 2.04 bits per heavy atom. The first-order valence-corrected chi connectivity index (χ1v) is 9.42. The molecule has 0 saturated carbocycles. The van der Waals surface area contributed by atoms with Gasteiger partial charge in [-0.2, -0.15) is 5.10 Å². The van der Waals surface area contributed by atoms with Gasteiger partial charge in [-0.3, -0.25) is 9.48 Å². The van der Waals surface area contributed by atoms with Crippen molar-refractivity contribution in [3.8, 4) is 0 Å². The van der Waals surface area contributed by atoms with E-state index < -0.39 is 0 Å². The number of hydrogen-bond donors (Lipinski definition) is 1. The molecule has 2 saturated heterocycles. The Hall–Kier alpha value is -2.45. The van der Waals surface area contributed by atoms with Crippen LogP contribution in [0.25, 0.3) is 0 Å². The number of likely N-dealkylation sites (N-methyl/N-ethyl adjacent to an activating group) is 1. The summed E-state index contributed by atoms with van der Waals surface area (Å²) in [6, 6.07) is 3.88. The average molecular weight is 370 g/mol. The predicted octanol–water partition coefficient (Wildman–Crippen LogP) is 1.32. The van der Waals surface area contributed by atoms with Gasteiger partial charge in [-0.05, 0) is 25.6 Å². The molecule has 8 heteroatoms. The van der Waals surface area contributed by atoms with Crippen molar-refractivity contribution < 1.29 is 9.53 Å². The summed E-state index contributed by atoms with van der Waals surface area (Å²) < 4.78 is 7.14. The number of anilines is 2. The summed E-state index contributed by atoms with van der Waals surface area (Å²) in [5.74, 6) is 0.555. The second-order valence-electron chi connectivity index (χ2n) is 7.31. The first-order valence-electron chi connectivity index (χ1n) is 9.42. The van der Waals surface area contributed by atoms with Gasteiger partial charge in [0.1, 0.15) is 5.82 Å². The molecule has 0 radical (unpaired) electrons. The number of ether oxygens (including phenoxy) is 1. The van der Waals surface area contributed by atoms with E-state index in [0.717, 1.165) is 50.6 Å². The molecule has 2 aromatic rings. The highest BCUT2D eigenvalue weighted by Gasteiger charge is 2.26. The molecule has 2 fully saturated rings. The summed E-state index contributed by atoms with van der Waals surface area (Å²) in [6.45, 7) is 5.42. The third-order valence-corrected chi connectivity index (χ3v) is 5.28. The maximum Gasteiger partial charge on any atom is 0.260 e. The number of nitrogens with zero attached hydrogens (tertiary/aromatic N) is 5. The minimum atomic E-state index is -0.176. The largest absolute Gasteiger partial charge is 0.381 e. The number of nitrogens with one attached hydrogen (secondary N) is 1. The Labute approximate surface area is 159 Å². The molecule has 4 heterocycles. The summed E-state index contributed by atoms with van der Waals surface area (Å²) >= 11 is 0. The van der Waals surface area contributed by atoms with Crippen LogP contribution in [0.1, 0.15) is 28.4 Å². The number of pyridine rings is 1. The van der Waals surface area contributed by atoms with E-state index in [-0.39, 0.29) is 11.8 Å². The summed E-state index contributed by atoms with van der Waals surface area (Å²) in [6.07, 6.45) is 4.49. The highest BCUT2D eigenvalue weighted by atomic mass is 16.5. The van der Waals surface area contributed by atoms with Crippen LogP contribution in [-0.2, 0) is 11.8 Å². The minimum absolute atomic E-state index is 0.176. The maximum atomic E-state index is 12.8. The molecule has 1 atom stereocenters. The zero-order chi connectivity index (χ0) is 18.8. The van der Waals surface area contributed by atoms with Gasteiger partial charge in [-0.15, -0.1) is 0 Å². The molecule has 1 N–H and O–H groups in total. The third-order valence-electron chi connectivity index (χ3n) is 5.28. The van der Waals surface area contributed by atoms with Crippen LogP contribution in [0.3, 0.4) is 0 Å². The van der Waals surface area contributed by atoms with Crippen LogP contribution in [-0.4, -0.2) is 72.0 Å². The molecule has 0 spiro atoms. The average Bonchev–Trinajstić information content (AvgIpc) is 3.32. The number of hydrogen-bond acceptors (Lipinski definition) is 6. The molecule has 0 aliphatic carbocycles. The molecule has 27 heavy (non-hydrogen) atoms. The predicted molar refractivity (Wildman–Crippen MR) is 103 cm³/mol. The van der Waals surface area contributed by atoms with E-state index in [2.05, 4.69) is 32.2 Å². The summed E-state index contributed by atoms with van der Waals surface area (Å²) in [7, 11) is 3.97. The number of amides is 1. The van der Waals surface area contributed by atoms with E-state index in [1.54, 1.807) is 10.9 Å². The van der Waals surface area contributed by atoms with Crippen molar-refractivity contribution in [1.82, 2.24) is 19.7 Å². The van der Waals surface area contributed by atoms with Crippen LogP contribution in [0.2, 0.25) is 0 Å². The van der Waals surface area contributed by atoms with Crippen molar-refractivity contribution in [2.24, 2.45) is 7.05 Å². The smallest absolute Gasteiger partial charge is 0.260 e. The summed E-state index contributed by atoms with van der Waals surface area (Å²) in [5, 5.41) is 7.38. The molecule has 2 aliphatic rings. The molecule has 1 amide bonds. The van der Waals surface area contributed by atoms with Gasteiger partial charge < -0.3 is 19.9 Å².